The second-order valence-electron chi connectivity index (χ2n) is 6.21. The molecule has 1 heterocycles. The molecule has 0 aliphatic rings. The summed E-state index contributed by atoms with van der Waals surface area (Å²) in [4.78, 5) is 20.8. The highest BCUT2D eigenvalue weighted by Crippen LogP contribution is 2.18. The number of hydrogen-bond donors (Lipinski definition) is 2. The van der Waals surface area contributed by atoms with Gasteiger partial charge in [0, 0.05) is 23.8 Å². The van der Waals surface area contributed by atoms with Gasteiger partial charge in [0.05, 0.1) is 12.2 Å². The molecule has 0 radical (unpaired) electrons. The molecule has 0 bridgehead atoms. The number of anilines is 3. The van der Waals surface area contributed by atoms with E-state index in [-0.39, 0.29) is 5.91 Å². The van der Waals surface area contributed by atoms with Gasteiger partial charge in [-0.15, -0.1) is 0 Å². The van der Waals surface area contributed by atoms with Crippen molar-refractivity contribution in [1.82, 2.24) is 9.97 Å². The van der Waals surface area contributed by atoms with Crippen LogP contribution in [0.4, 0.5) is 17.3 Å². The molecule has 3 rings (SSSR count). The smallest absolute Gasteiger partial charge is 0.258 e. The predicted molar refractivity (Wildman–Crippen MR) is 107 cm³/mol. The first-order valence-corrected chi connectivity index (χ1v) is 8.75. The second-order valence-corrected chi connectivity index (χ2v) is 6.21. The number of aromatic nitrogens is 2. The number of aryl methyl sites for hydroxylation is 2. The summed E-state index contributed by atoms with van der Waals surface area (Å²) in [5, 5.41) is 5.97. The van der Waals surface area contributed by atoms with Crippen LogP contribution < -0.4 is 15.4 Å². The Hall–Kier alpha value is -3.41. The lowest BCUT2D eigenvalue weighted by atomic mass is 10.1. The van der Waals surface area contributed by atoms with Gasteiger partial charge in [-0.1, -0.05) is 6.07 Å². The summed E-state index contributed by atoms with van der Waals surface area (Å²) in [5.41, 5.74) is 4.18. The Kier molecular flexibility index (Phi) is 5.66. The van der Waals surface area contributed by atoms with Gasteiger partial charge in [-0.2, -0.15) is 0 Å². The van der Waals surface area contributed by atoms with Crippen molar-refractivity contribution in [2.24, 2.45) is 0 Å². The lowest BCUT2D eigenvalue weighted by molar-refractivity contribution is 0.102. The number of amides is 1. The molecule has 2 aromatic carbocycles. The van der Waals surface area contributed by atoms with Gasteiger partial charge in [-0.25, -0.2) is 9.97 Å². The lowest BCUT2D eigenvalue weighted by Crippen LogP contribution is -2.13. The molecule has 0 spiro atoms. The second kappa shape index (κ2) is 8.31. The van der Waals surface area contributed by atoms with E-state index in [0.717, 1.165) is 28.3 Å². The minimum absolute atomic E-state index is 0.243. The summed E-state index contributed by atoms with van der Waals surface area (Å²) in [5.74, 6) is 0.983. The zero-order valence-corrected chi connectivity index (χ0v) is 15.6. The predicted octanol–water partition coefficient (Wildman–Crippen LogP) is 4.49. The third-order valence-electron chi connectivity index (χ3n) is 3.82. The van der Waals surface area contributed by atoms with Crippen LogP contribution in [0.5, 0.6) is 5.75 Å². The number of nitrogens with zero attached hydrogens (tertiary/aromatic N) is 2. The normalized spacial score (nSPS) is 10.3. The molecule has 0 unspecified atom stereocenters. The van der Waals surface area contributed by atoms with Gasteiger partial charge in [0.2, 0.25) is 5.95 Å². The van der Waals surface area contributed by atoms with E-state index in [4.69, 9.17) is 4.74 Å². The number of ether oxygens (including phenoxy) is 1. The Balaban J connectivity index is 1.64. The summed E-state index contributed by atoms with van der Waals surface area (Å²) in [6.45, 7) is 6.56. The van der Waals surface area contributed by atoms with Crippen LogP contribution in [0.25, 0.3) is 0 Å². The van der Waals surface area contributed by atoms with Gasteiger partial charge in [0.25, 0.3) is 5.91 Å². The van der Waals surface area contributed by atoms with Crippen molar-refractivity contribution in [3.05, 3.63) is 71.5 Å². The van der Waals surface area contributed by atoms with Gasteiger partial charge >= 0.3 is 0 Å². The van der Waals surface area contributed by atoms with Crippen molar-refractivity contribution in [1.29, 1.82) is 0 Å². The molecule has 1 amide bonds. The van der Waals surface area contributed by atoms with Crippen molar-refractivity contribution in [2.75, 3.05) is 17.2 Å². The Morgan fingerprint density at radius 2 is 1.59 bits per heavy atom. The minimum atomic E-state index is -0.243. The first-order chi connectivity index (χ1) is 13.0. The molecule has 138 valence electrons. The van der Waals surface area contributed by atoms with E-state index in [0.29, 0.717) is 18.1 Å². The van der Waals surface area contributed by atoms with Gasteiger partial charge < -0.3 is 15.4 Å². The molecule has 0 saturated heterocycles. The third-order valence-corrected chi connectivity index (χ3v) is 3.82. The lowest BCUT2D eigenvalue weighted by Gasteiger charge is -2.09. The fraction of sp³-hybridized carbons (Fsp3) is 0.190. The highest BCUT2D eigenvalue weighted by atomic mass is 16.5. The van der Waals surface area contributed by atoms with Gasteiger partial charge in [0.1, 0.15) is 5.75 Å². The number of nitrogens with one attached hydrogen (secondary N) is 2. The van der Waals surface area contributed by atoms with E-state index in [9.17, 15) is 4.79 Å². The SMILES string of the molecule is CCOc1ccc(Nc2ncc(C(=O)Nc3cc(C)cc(C)c3)cn2)cc1. The van der Waals surface area contributed by atoms with E-state index in [2.05, 4.69) is 26.7 Å². The molecule has 0 fully saturated rings. The van der Waals surface area contributed by atoms with Crippen molar-refractivity contribution in [3.8, 4) is 5.75 Å². The van der Waals surface area contributed by atoms with Crippen LogP contribution in [0.3, 0.4) is 0 Å². The largest absolute Gasteiger partial charge is 0.494 e. The Morgan fingerprint density at radius 3 is 2.19 bits per heavy atom. The number of carbonyl (C=O) groups excluding carboxylic acids is 1. The third kappa shape index (κ3) is 5.04. The molecule has 6 nitrogen and oxygen atoms in total. The van der Waals surface area contributed by atoms with Crippen molar-refractivity contribution < 1.29 is 9.53 Å². The average molecular weight is 362 g/mol. The van der Waals surface area contributed by atoms with Gasteiger partial charge in [-0.3, -0.25) is 4.79 Å². The first kappa shape index (κ1) is 18.4. The highest BCUT2D eigenvalue weighted by Gasteiger charge is 2.08. The zero-order valence-electron chi connectivity index (χ0n) is 15.6. The van der Waals surface area contributed by atoms with Crippen LogP contribution in [0.2, 0.25) is 0 Å². The fourth-order valence-electron chi connectivity index (χ4n) is 2.69. The summed E-state index contributed by atoms with van der Waals surface area (Å²) in [6, 6.07) is 13.4. The van der Waals surface area contributed by atoms with Crippen LogP contribution in [0.1, 0.15) is 28.4 Å². The molecule has 3 aromatic rings. The summed E-state index contributed by atoms with van der Waals surface area (Å²) in [6.07, 6.45) is 3.00. The van der Waals surface area contributed by atoms with Crippen molar-refractivity contribution in [3.63, 3.8) is 0 Å². The molecule has 0 aliphatic carbocycles. The van der Waals surface area contributed by atoms with Crippen LogP contribution in [-0.2, 0) is 0 Å². The first-order valence-electron chi connectivity index (χ1n) is 8.75. The molecule has 0 atom stereocenters. The molecule has 1 aromatic heterocycles. The standard InChI is InChI=1S/C21H22N4O2/c1-4-27-19-7-5-17(6-8-19)25-21-22-12-16(13-23-21)20(26)24-18-10-14(2)9-15(3)11-18/h5-13H,4H2,1-3H3,(H,24,26)(H,22,23,25). The monoisotopic (exact) mass is 362 g/mol. The van der Waals surface area contributed by atoms with Gasteiger partial charge in [-0.05, 0) is 68.3 Å². The average Bonchev–Trinajstić information content (AvgIpc) is 2.63. The van der Waals surface area contributed by atoms with Gasteiger partial charge in [0.15, 0.2) is 0 Å². The van der Waals surface area contributed by atoms with E-state index < -0.39 is 0 Å². The van der Waals surface area contributed by atoms with E-state index in [1.54, 1.807) is 0 Å². The minimum Gasteiger partial charge on any atom is -0.494 e. The van der Waals surface area contributed by atoms with Crippen molar-refractivity contribution in [2.45, 2.75) is 20.8 Å². The molecule has 27 heavy (non-hydrogen) atoms. The quantitative estimate of drug-likeness (QED) is 0.676. The molecule has 6 heteroatoms. The number of hydrogen-bond acceptors (Lipinski definition) is 5. The number of benzene rings is 2. The Labute approximate surface area is 158 Å². The van der Waals surface area contributed by atoms with E-state index >= 15 is 0 Å². The molecular formula is C21H22N4O2. The van der Waals surface area contributed by atoms with Crippen LogP contribution in [-0.4, -0.2) is 22.5 Å². The topological polar surface area (TPSA) is 76.1 Å². The molecular weight excluding hydrogens is 340 g/mol. The molecule has 0 aliphatic heterocycles. The Morgan fingerprint density at radius 1 is 0.963 bits per heavy atom. The maximum Gasteiger partial charge on any atom is 0.258 e. The summed E-state index contributed by atoms with van der Waals surface area (Å²) < 4.78 is 5.41. The number of carbonyl (C=O) groups is 1. The maximum atomic E-state index is 12.4. The van der Waals surface area contributed by atoms with E-state index in [1.165, 1.54) is 12.4 Å². The highest BCUT2D eigenvalue weighted by molar-refractivity contribution is 6.04. The van der Waals surface area contributed by atoms with Crippen LogP contribution in [0, 0.1) is 13.8 Å². The Bertz CT molecular complexity index is 902. The molecule has 0 saturated carbocycles. The van der Waals surface area contributed by atoms with Crippen LogP contribution in [0.15, 0.2) is 54.9 Å². The van der Waals surface area contributed by atoms with Crippen molar-refractivity contribution >= 4 is 23.2 Å². The zero-order chi connectivity index (χ0) is 19.2. The van der Waals surface area contributed by atoms with Crippen LogP contribution >= 0.6 is 0 Å². The molecule has 2 N–H and O–H groups in total. The summed E-state index contributed by atoms with van der Waals surface area (Å²) in [7, 11) is 0. The van der Waals surface area contributed by atoms with E-state index in [1.807, 2.05) is 57.2 Å². The fourth-order valence-corrected chi connectivity index (χ4v) is 2.69. The maximum absolute atomic E-state index is 12.4. The number of rotatable bonds is 6. The summed E-state index contributed by atoms with van der Waals surface area (Å²) >= 11 is 0.